The fourth-order valence-electron chi connectivity index (χ4n) is 2.26. The van der Waals surface area contributed by atoms with Crippen LogP contribution < -0.4 is 5.32 Å². The third kappa shape index (κ3) is 3.55. The third-order valence-electron chi connectivity index (χ3n) is 3.22. The Hall–Kier alpha value is 0.620. The van der Waals surface area contributed by atoms with Crippen LogP contribution in [0.15, 0.2) is 0 Å². The van der Waals surface area contributed by atoms with Gasteiger partial charge in [-0.3, -0.25) is 4.90 Å². The van der Waals surface area contributed by atoms with Crippen molar-refractivity contribution in [3.63, 3.8) is 0 Å². The number of nitrogens with one attached hydrogen (secondary N) is 1. The first-order valence-corrected chi connectivity index (χ1v) is 8.13. The third-order valence-corrected chi connectivity index (χ3v) is 6.04. The molecule has 3 atom stereocenters. The van der Waals surface area contributed by atoms with Gasteiger partial charge in [-0.1, -0.05) is 0 Å². The van der Waals surface area contributed by atoms with Gasteiger partial charge in [-0.15, -0.1) is 0 Å². The molecule has 0 saturated carbocycles. The molecule has 0 bridgehead atoms. The van der Waals surface area contributed by atoms with Crippen molar-refractivity contribution in [3.05, 3.63) is 0 Å². The van der Waals surface area contributed by atoms with Crippen molar-refractivity contribution in [3.8, 4) is 0 Å². The highest BCUT2D eigenvalue weighted by Gasteiger charge is 2.25. The molecule has 0 aromatic heterocycles. The van der Waals surface area contributed by atoms with Gasteiger partial charge in [0.15, 0.2) is 0 Å². The lowest BCUT2D eigenvalue weighted by molar-refractivity contribution is 0.149. The van der Waals surface area contributed by atoms with E-state index in [0.717, 1.165) is 11.8 Å². The summed E-state index contributed by atoms with van der Waals surface area (Å²) in [7, 11) is 0. The van der Waals surface area contributed by atoms with Crippen molar-refractivity contribution >= 4 is 23.5 Å². The Bertz CT molecular complexity index is 195. The molecule has 0 aliphatic carbocycles. The van der Waals surface area contributed by atoms with Crippen LogP contribution in [0.4, 0.5) is 0 Å². The summed E-state index contributed by atoms with van der Waals surface area (Å²) in [6.07, 6.45) is 0. The zero-order valence-corrected chi connectivity index (χ0v) is 11.4. The lowest BCUT2D eigenvalue weighted by Gasteiger charge is -2.39. The van der Waals surface area contributed by atoms with E-state index in [2.05, 4.69) is 47.6 Å². The fourth-order valence-corrected chi connectivity index (χ4v) is 4.95. The van der Waals surface area contributed by atoms with Gasteiger partial charge in [0.05, 0.1) is 0 Å². The zero-order chi connectivity index (χ0) is 10.7. The molecule has 4 heteroatoms. The van der Waals surface area contributed by atoms with Gasteiger partial charge in [-0.2, -0.15) is 23.5 Å². The van der Waals surface area contributed by atoms with Crippen molar-refractivity contribution in [2.45, 2.75) is 31.2 Å². The van der Waals surface area contributed by atoms with Crippen LogP contribution in [-0.2, 0) is 0 Å². The molecule has 1 N–H and O–H groups in total. The Balaban J connectivity index is 1.80. The Morgan fingerprint density at radius 2 is 2.20 bits per heavy atom. The highest BCUT2D eigenvalue weighted by molar-refractivity contribution is 8.06. The second-order valence-electron chi connectivity index (χ2n) is 4.68. The zero-order valence-electron chi connectivity index (χ0n) is 9.74. The van der Waals surface area contributed by atoms with Crippen molar-refractivity contribution in [2.75, 3.05) is 36.9 Å². The maximum atomic E-state index is 3.55. The van der Waals surface area contributed by atoms with Gasteiger partial charge < -0.3 is 5.32 Å². The van der Waals surface area contributed by atoms with Gasteiger partial charge in [-0.05, 0) is 13.8 Å². The minimum Gasteiger partial charge on any atom is -0.311 e. The molecule has 0 aromatic rings. The van der Waals surface area contributed by atoms with Crippen molar-refractivity contribution in [1.82, 2.24) is 10.2 Å². The molecule has 0 aromatic carbocycles. The Morgan fingerprint density at radius 3 is 2.93 bits per heavy atom. The second kappa shape index (κ2) is 5.80. The van der Waals surface area contributed by atoms with E-state index in [9.17, 15) is 0 Å². The van der Waals surface area contributed by atoms with E-state index in [1.807, 2.05) is 0 Å². The summed E-state index contributed by atoms with van der Waals surface area (Å²) < 4.78 is 0. The van der Waals surface area contributed by atoms with Crippen LogP contribution in [0.1, 0.15) is 13.8 Å². The average molecular weight is 246 g/mol. The predicted octanol–water partition coefficient (Wildman–Crippen LogP) is 1.52. The van der Waals surface area contributed by atoms with E-state index in [1.54, 1.807) is 0 Å². The Labute approximate surface area is 102 Å². The van der Waals surface area contributed by atoms with Crippen LogP contribution in [0.2, 0.25) is 0 Å². The maximum absolute atomic E-state index is 3.55. The molecule has 88 valence electrons. The number of thioether (sulfide) groups is 2. The van der Waals surface area contributed by atoms with Crippen molar-refractivity contribution in [1.29, 1.82) is 0 Å². The summed E-state index contributed by atoms with van der Waals surface area (Å²) in [5.74, 6) is 4.07. The number of hydrogen-bond acceptors (Lipinski definition) is 4. The van der Waals surface area contributed by atoms with Crippen molar-refractivity contribution in [2.24, 2.45) is 0 Å². The molecule has 2 aliphatic heterocycles. The van der Waals surface area contributed by atoms with E-state index >= 15 is 0 Å². The van der Waals surface area contributed by atoms with E-state index in [0.29, 0.717) is 12.1 Å². The quantitative estimate of drug-likeness (QED) is 0.794. The summed E-state index contributed by atoms with van der Waals surface area (Å²) in [5.41, 5.74) is 0. The van der Waals surface area contributed by atoms with Crippen LogP contribution in [0.3, 0.4) is 0 Å². The predicted molar refractivity (Wildman–Crippen MR) is 72.1 cm³/mol. The normalized spacial score (nSPS) is 39.2. The smallest absolute Gasteiger partial charge is 0.0265 e. The van der Waals surface area contributed by atoms with E-state index in [4.69, 9.17) is 0 Å². The van der Waals surface area contributed by atoms with E-state index in [-0.39, 0.29) is 0 Å². The molecule has 2 rings (SSSR count). The lowest BCUT2D eigenvalue weighted by Crippen LogP contribution is -2.55. The Morgan fingerprint density at radius 1 is 1.33 bits per heavy atom. The largest absolute Gasteiger partial charge is 0.311 e. The number of rotatable bonds is 2. The summed E-state index contributed by atoms with van der Waals surface area (Å²) in [5, 5.41) is 4.42. The minimum atomic E-state index is 0.669. The molecule has 2 saturated heterocycles. The fraction of sp³-hybridized carbons (Fsp3) is 1.00. The average Bonchev–Trinajstić information content (AvgIpc) is 2.25. The van der Waals surface area contributed by atoms with Gasteiger partial charge in [-0.25, -0.2) is 0 Å². The van der Waals surface area contributed by atoms with E-state index < -0.39 is 0 Å². The summed E-state index contributed by atoms with van der Waals surface area (Å²) in [4.78, 5) is 2.67. The molecular formula is C11H22N2S2. The molecule has 0 spiro atoms. The maximum Gasteiger partial charge on any atom is 0.0265 e. The number of piperazine rings is 1. The molecule has 0 amide bonds. The topological polar surface area (TPSA) is 15.3 Å². The molecule has 15 heavy (non-hydrogen) atoms. The highest BCUT2D eigenvalue weighted by Crippen LogP contribution is 2.25. The summed E-state index contributed by atoms with van der Waals surface area (Å²) in [6, 6.07) is 1.39. The SMILES string of the molecule is CC1CN(CC2CSCCS2)C(C)CN1. The van der Waals surface area contributed by atoms with Gasteiger partial charge in [0.25, 0.3) is 0 Å². The lowest BCUT2D eigenvalue weighted by atomic mass is 10.1. The first-order chi connectivity index (χ1) is 7.25. The molecule has 2 heterocycles. The van der Waals surface area contributed by atoms with Gasteiger partial charge in [0, 0.05) is 54.2 Å². The van der Waals surface area contributed by atoms with Gasteiger partial charge >= 0.3 is 0 Å². The number of hydrogen-bond donors (Lipinski definition) is 1. The van der Waals surface area contributed by atoms with Crippen LogP contribution >= 0.6 is 23.5 Å². The molecule has 2 aliphatic rings. The Kier molecular flexibility index (Phi) is 4.68. The molecule has 2 fully saturated rings. The first-order valence-electron chi connectivity index (χ1n) is 5.92. The van der Waals surface area contributed by atoms with Crippen LogP contribution in [0.25, 0.3) is 0 Å². The van der Waals surface area contributed by atoms with Crippen LogP contribution in [0, 0.1) is 0 Å². The molecule has 2 nitrogen and oxygen atoms in total. The number of nitrogens with zero attached hydrogens (tertiary/aromatic N) is 1. The second-order valence-corrected chi connectivity index (χ2v) is 7.24. The molecular weight excluding hydrogens is 224 g/mol. The summed E-state index contributed by atoms with van der Waals surface area (Å²) in [6.45, 7) is 8.32. The molecule has 0 radical (unpaired) electrons. The standard InChI is InChI=1S/C11H22N2S2/c1-9-6-13(10(2)5-12-9)7-11-8-14-3-4-15-11/h9-12H,3-8H2,1-2H3. The highest BCUT2D eigenvalue weighted by atomic mass is 32.2. The van der Waals surface area contributed by atoms with Gasteiger partial charge in [0.2, 0.25) is 0 Å². The minimum absolute atomic E-state index is 0.669. The van der Waals surface area contributed by atoms with Crippen molar-refractivity contribution < 1.29 is 0 Å². The summed E-state index contributed by atoms with van der Waals surface area (Å²) >= 11 is 4.31. The van der Waals surface area contributed by atoms with E-state index in [1.165, 1.54) is 30.3 Å². The monoisotopic (exact) mass is 246 g/mol. The van der Waals surface area contributed by atoms with Gasteiger partial charge in [0.1, 0.15) is 0 Å². The van der Waals surface area contributed by atoms with Crippen LogP contribution in [-0.4, -0.2) is 59.1 Å². The first kappa shape index (κ1) is 12.1. The molecule has 3 unspecified atom stereocenters. The van der Waals surface area contributed by atoms with Crippen LogP contribution in [0.5, 0.6) is 0 Å².